The van der Waals surface area contributed by atoms with Gasteiger partial charge in [-0.1, -0.05) is 82.7 Å². The number of pyridine rings is 1. The molecule has 1 heterocycles. The lowest BCUT2D eigenvalue weighted by molar-refractivity contribution is -0.142. The van der Waals surface area contributed by atoms with Crippen molar-refractivity contribution in [2.24, 2.45) is 0 Å². The molecule has 0 aliphatic heterocycles. The highest BCUT2D eigenvalue weighted by atomic mass is 79.9. The number of esters is 1. The summed E-state index contributed by atoms with van der Waals surface area (Å²) in [6.07, 6.45) is 0.187. The molecule has 0 radical (unpaired) electrons. The van der Waals surface area contributed by atoms with E-state index in [0.29, 0.717) is 6.61 Å². The van der Waals surface area contributed by atoms with Gasteiger partial charge in [0, 0.05) is 21.0 Å². The molecule has 0 saturated carbocycles. The molecule has 4 aromatic rings. The highest BCUT2D eigenvalue weighted by molar-refractivity contribution is 9.10. The number of hydrogen-bond acceptors (Lipinski definition) is 3. The minimum atomic E-state index is -0.243. The smallest absolute Gasteiger partial charge is 0.310 e. The van der Waals surface area contributed by atoms with Crippen LogP contribution < -0.4 is 0 Å². The Labute approximate surface area is 178 Å². The topological polar surface area (TPSA) is 39.2 Å². The summed E-state index contributed by atoms with van der Waals surface area (Å²) in [5.41, 5.74) is 4.63. The average Bonchev–Trinajstić information content (AvgIpc) is 2.75. The second-order valence-electron chi connectivity index (χ2n) is 6.69. The first-order valence-electron chi connectivity index (χ1n) is 9.56. The van der Waals surface area contributed by atoms with Crippen molar-refractivity contribution in [3.8, 4) is 22.5 Å². The zero-order valence-electron chi connectivity index (χ0n) is 16.1. The van der Waals surface area contributed by atoms with Crippen molar-refractivity contribution in [2.75, 3.05) is 6.61 Å². The average molecular weight is 446 g/mol. The molecule has 0 atom stereocenters. The number of carbonyl (C=O) groups is 1. The van der Waals surface area contributed by atoms with Gasteiger partial charge in [0.2, 0.25) is 0 Å². The van der Waals surface area contributed by atoms with Crippen LogP contribution in [0.4, 0.5) is 0 Å². The number of carbonyl (C=O) groups excluding carboxylic acids is 1. The number of aromatic nitrogens is 1. The van der Waals surface area contributed by atoms with Crippen LogP contribution in [-0.2, 0) is 16.0 Å². The Bertz CT molecular complexity index is 1150. The van der Waals surface area contributed by atoms with Crippen LogP contribution in [0.25, 0.3) is 33.3 Å². The fraction of sp³-hybridized carbons (Fsp3) is 0.120. The predicted octanol–water partition coefficient (Wildman–Crippen LogP) is 6.44. The maximum Gasteiger partial charge on any atom is 0.310 e. The van der Waals surface area contributed by atoms with Crippen LogP contribution in [0.2, 0.25) is 0 Å². The molecule has 3 aromatic carbocycles. The number of rotatable bonds is 5. The van der Waals surface area contributed by atoms with E-state index in [1.807, 2.05) is 61.5 Å². The quantitative estimate of drug-likeness (QED) is 0.332. The number of nitrogens with zero attached hydrogens (tertiary/aromatic N) is 1. The van der Waals surface area contributed by atoms with E-state index in [1.54, 1.807) is 0 Å². The molecule has 4 rings (SSSR count). The van der Waals surface area contributed by atoms with Crippen molar-refractivity contribution in [2.45, 2.75) is 13.3 Å². The highest BCUT2D eigenvalue weighted by Crippen LogP contribution is 2.35. The lowest BCUT2D eigenvalue weighted by Crippen LogP contribution is -2.10. The second-order valence-corrected chi connectivity index (χ2v) is 7.60. The van der Waals surface area contributed by atoms with E-state index in [1.165, 1.54) is 0 Å². The number of hydrogen-bond donors (Lipinski definition) is 0. The molecule has 1 aromatic heterocycles. The number of ether oxygens (including phenoxy) is 1. The third-order valence-corrected chi connectivity index (χ3v) is 5.34. The van der Waals surface area contributed by atoms with Gasteiger partial charge in [-0.15, -0.1) is 0 Å². The van der Waals surface area contributed by atoms with E-state index in [0.717, 1.165) is 43.3 Å². The van der Waals surface area contributed by atoms with E-state index >= 15 is 0 Å². The van der Waals surface area contributed by atoms with Gasteiger partial charge in [-0.05, 0) is 30.0 Å². The van der Waals surface area contributed by atoms with Crippen LogP contribution in [0, 0.1) is 0 Å². The van der Waals surface area contributed by atoms with Crippen molar-refractivity contribution >= 4 is 32.7 Å². The number of halogens is 1. The third-order valence-electron chi connectivity index (χ3n) is 4.81. The van der Waals surface area contributed by atoms with Crippen LogP contribution in [-0.4, -0.2) is 17.6 Å². The van der Waals surface area contributed by atoms with E-state index in [-0.39, 0.29) is 12.4 Å². The maximum atomic E-state index is 12.4. The molecule has 0 bridgehead atoms. The molecule has 0 spiro atoms. The Morgan fingerprint density at radius 1 is 0.828 bits per heavy atom. The lowest BCUT2D eigenvalue weighted by atomic mass is 9.94. The molecular weight excluding hydrogens is 426 g/mol. The van der Waals surface area contributed by atoms with Gasteiger partial charge >= 0.3 is 5.97 Å². The van der Waals surface area contributed by atoms with Crippen LogP contribution in [0.3, 0.4) is 0 Å². The minimum absolute atomic E-state index is 0.187. The number of benzene rings is 3. The maximum absolute atomic E-state index is 12.4. The molecule has 0 aliphatic carbocycles. The van der Waals surface area contributed by atoms with Gasteiger partial charge in [0.15, 0.2) is 0 Å². The zero-order chi connectivity index (χ0) is 20.2. The van der Waals surface area contributed by atoms with Crippen LogP contribution >= 0.6 is 15.9 Å². The number of fused-ring (bicyclic) bond motifs is 1. The van der Waals surface area contributed by atoms with E-state index in [2.05, 4.69) is 40.2 Å². The molecule has 0 unspecified atom stereocenters. The summed E-state index contributed by atoms with van der Waals surface area (Å²) in [5.74, 6) is -0.243. The van der Waals surface area contributed by atoms with E-state index in [9.17, 15) is 4.79 Å². The Balaban J connectivity index is 2.01. The van der Waals surface area contributed by atoms with Crippen molar-refractivity contribution in [1.82, 2.24) is 4.98 Å². The Hall–Kier alpha value is -2.98. The summed E-state index contributed by atoms with van der Waals surface area (Å²) in [7, 11) is 0. The Morgan fingerprint density at radius 3 is 2.14 bits per heavy atom. The van der Waals surface area contributed by atoms with Gasteiger partial charge in [0.25, 0.3) is 0 Å². The SMILES string of the molecule is CCOC(=O)Cc1c(-c2ccccc2)nc(-c2ccc(Br)cc2)c2ccccc12. The molecule has 3 nitrogen and oxygen atoms in total. The first kappa shape index (κ1) is 19.3. The van der Waals surface area contributed by atoms with Gasteiger partial charge in [0.1, 0.15) is 0 Å². The fourth-order valence-electron chi connectivity index (χ4n) is 3.52. The summed E-state index contributed by atoms with van der Waals surface area (Å²) in [5, 5.41) is 2.04. The van der Waals surface area contributed by atoms with Crippen LogP contribution in [0.1, 0.15) is 12.5 Å². The zero-order valence-corrected chi connectivity index (χ0v) is 17.6. The van der Waals surface area contributed by atoms with Crippen molar-refractivity contribution in [3.63, 3.8) is 0 Å². The first-order valence-corrected chi connectivity index (χ1v) is 10.3. The molecule has 144 valence electrons. The molecule has 0 saturated heterocycles. The summed E-state index contributed by atoms with van der Waals surface area (Å²) in [4.78, 5) is 17.4. The van der Waals surface area contributed by atoms with Crippen molar-refractivity contribution in [1.29, 1.82) is 0 Å². The summed E-state index contributed by atoms with van der Waals surface area (Å²) >= 11 is 3.50. The van der Waals surface area contributed by atoms with E-state index in [4.69, 9.17) is 9.72 Å². The molecule has 0 fully saturated rings. The lowest BCUT2D eigenvalue weighted by Gasteiger charge is -2.16. The van der Waals surface area contributed by atoms with Crippen LogP contribution in [0.15, 0.2) is 83.3 Å². The second kappa shape index (κ2) is 8.58. The van der Waals surface area contributed by atoms with Crippen LogP contribution in [0.5, 0.6) is 0 Å². The standard InChI is InChI=1S/C25H20BrNO2/c1-2-29-23(28)16-22-20-10-6-7-11-21(20)24(18-12-14-19(26)15-13-18)27-25(22)17-8-4-3-5-9-17/h3-15H,2,16H2,1H3. The molecule has 29 heavy (non-hydrogen) atoms. The fourth-order valence-corrected chi connectivity index (χ4v) is 3.78. The molecule has 0 aliphatic rings. The van der Waals surface area contributed by atoms with E-state index < -0.39 is 0 Å². The Morgan fingerprint density at radius 2 is 1.45 bits per heavy atom. The molecule has 4 heteroatoms. The summed E-state index contributed by atoms with van der Waals surface area (Å²) in [6, 6.07) is 26.3. The first-order chi connectivity index (χ1) is 14.2. The molecule has 0 amide bonds. The normalized spacial score (nSPS) is 10.8. The molecular formula is C25H20BrNO2. The van der Waals surface area contributed by atoms with Crippen molar-refractivity contribution < 1.29 is 9.53 Å². The van der Waals surface area contributed by atoms with Gasteiger partial charge < -0.3 is 4.74 Å². The van der Waals surface area contributed by atoms with Gasteiger partial charge in [-0.2, -0.15) is 0 Å². The largest absolute Gasteiger partial charge is 0.466 e. The van der Waals surface area contributed by atoms with Gasteiger partial charge in [-0.3, -0.25) is 4.79 Å². The van der Waals surface area contributed by atoms with Gasteiger partial charge in [-0.25, -0.2) is 4.98 Å². The Kier molecular flexibility index (Phi) is 5.72. The van der Waals surface area contributed by atoms with Gasteiger partial charge in [0.05, 0.1) is 24.4 Å². The summed E-state index contributed by atoms with van der Waals surface area (Å²) < 4.78 is 6.26. The molecule has 0 N–H and O–H groups in total. The highest BCUT2D eigenvalue weighted by Gasteiger charge is 2.19. The summed E-state index contributed by atoms with van der Waals surface area (Å²) in [6.45, 7) is 2.19. The monoisotopic (exact) mass is 445 g/mol. The van der Waals surface area contributed by atoms with Crippen molar-refractivity contribution in [3.05, 3.63) is 88.9 Å². The minimum Gasteiger partial charge on any atom is -0.466 e. The predicted molar refractivity (Wildman–Crippen MR) is 121 cm³/mol. The third kappa shape index (κ3) is 4.08.